The first kappa shape index (κ1) is 17.6. The Kier molecular flexibility index (Phi) is 6.46. The molecule has 0 N–H and O–H groups in total. The van der Waals surface area contributed by atoms with Crippen molar-refractivity contribution in [2.75, 3.05) is 31.8 Å². The standard InChI is InChI=1S/C14H18N2O6/c1-4-15(13(17)9-21-3)12-8-10(16(19)20)6-7-11(12)14(18)22-5-2/h6-8H,4-5,9H2,1-3H3. The van der Waals surface area contributed by atoms with E-state index in [1.165, 1.54) is 30.2 Å². The van der Waals surface area contributed by atoms with Gasteiger partial charge < -0.3 is 14.4 Å². The number of methoxy groups -OCH3 is 1. The van der Waals surface area contributed by atoms with E-state index in [9.17, 15) is 19.7 Å². The molecule has 0 aliphatic rings. The highest BCUT2D eigenvalue weighted by molar-refractivity contribution is 6.03. The van der Waals surface area contributed by atoms with Crippen LogP contribution in [0.15, 0.2) is 18.2 Å². The smallest absolute Gasteiger partial charge is 0.340 e. The van der Waals surface area contributed by atoms with Gasteiger partial charge in [-0.05, 0) is 19.9 Å². The molecule has 0 bridgehead atoms. The first-order chi connectivity index (χ1) is 10.5. The minimum Gasteiger partial charge on any atom is -0.462 e. The quantitative estimate of drug-likeness (QED) is 0.432. The Balaban J connectivity index is 3.37. The summed E-state index contributed by atoms with van der Waals surface area (Å²) in [6.45, 7) is 3.54. The zero-order valence-corrected chi connectivity index (χ0v) is 12.7. The lowest BCUT2D eigenvalue weighted by Crippen LogP contribution is -2.35. The Labute approximate surface area is 127 Å². The van der Waals surface area contributed by atoms with Crippen molar-refractivity contribution in [1.82, 2.24) is 0 Å². The summed E-state index contributed by atoms with van der Waals surface area (Å²) in [7, 11) is 1.37. The highest BCUT2D eigenvalue weighted by Crippen LogP contribution is 2.27. The number of rotatable bonds is 7. The molecule has 120 valence electrons. The number of nitrogens with zero attached hydrogens (tertiary/aromatic N) is 2. The predicted molar refractivity (Wildman–Crippen MR) is 79.0 cm³/mol. The fourth-order valence-electron chi connectivity index (χ4n) is 1.92. The summed E-state index contributed by atoms with van der Waals surface area (Å²) in [5.41, 5.74) is 0.0164. The first-order valence-corrected chi connectivity index (χ1v) is 6.71. The number of benzene rings is 1. The SMILES string of the molecule is CCOC(=O)c1ccc([N+](=O)[O-])cc1N(CC)C(=O)COC. The van der Waals surface area contributed by atoms with Crippen LogP contribution in [0.2, 0.25) is 0 Å². The number of esters is 1. The number of ether oxygens (including phenoxy) is 2. The maximum Gasteiger partial charge on any atom is 0.340 e. The molecule has 0 aromatic heterocycles. The molecule has 0 saturated carbocycles. The molecular weight excluding hydrogens is 292 g/mol. The van der Waals surface area contributed by atoms with Crippen LogP contribution in [0.1, 0.15) is 24.2 Å². The Morgan fingerprint density at radius 2 is 2.00 bits per heavy atom. The van der Waals surface area contributed by atoms with Gasteiger partial charge in [0, 0.05) is 25.8 Å². The average Bonchev–Trinajstić information content (AvgIpc) is 2.48. The van der Waals surface area contributed by atoms with E-state index in [1.807, 2.05) is 0 Å². The number of anilines is 1. The van der Waals surface area contributed by atoms with E-state index in [-0.39, 0.29) is 36.7 Å². The molecule has 0 heterocycles. The Hall–Kier alpha value is -2.48. The van der Waals surface area contributed by atoms with Crippen LogP contribution < -0.4 is 4.90 Å². The van der Waals surface area contributed by atoms with Crippen molar-refractivity contribution >= 4 is 23.3 Å². The lowest BCUT2D eigenvalue weighted by atomic mass is 10.1. The summed E-state index contributed by atoms with van der Waals surface area (Å²) in [6.07, 6.45) is 0. The topological polar surface area (TPSA) is 99.0 Å². The van der Waals surface area contributed by atoms with E-state index in [4.69, 9.17) is 9.47 Å². The van der Waals surface area contributed by atoms with Gasteiger partial charge in [0.15, 0.2) is 0 Å². The van der Waals surface area contributed by atoms with Crippen LogP contribution in [0.25, 0.3) is 0 Å². The summed E-state index contributed by atoms with van der Waals surface area (Å²) in [4.78, 5) is 35.6. The summed E-state index contributed by atoms with van der Waals surface area (Å²) >= 11 is 0. The van der Waals surface area contributed by atoms with Gasteiger partial charge in [0.2, 0.25) is 0 Å². The van der Waals surface area contributed by atoms with Crippen molar-refractivity contribution < 1.29 is 24.0 Å². The predicted octanol–water partition coefficient (Wildman–Crippen LogP) is 1.77. The number of non-ortho nitro benzene ring substituents is 1. The number of nitro benzene ring substituents is 1. The van der Waals surface area contributed by atoms with Gasteiger partial charge in [-0.25, -0.2) is 4.79 Å². The zero-order chi connectivity index (χ0) is 16.7. The second-order valence-corrected chi connectivity index (χ2v) is 4.25. The molecule has 1 rings (SSSR count). The maximum atomic E-state index is 12.1. The fourth-order valence-corrected chi connectivity index (χ4v) is 1.92. The number of hydrogen-bond acceptors (Lipinski definition) is 6. The second-order valence-electron chi connectivity index (χ2n) is 4.25. The third-order valence-corrected chi connectivity index (χ3v) is 2.86. The number of amides is 1. The average molecular weight is 310 g/mol. The van der Waals surface area contributed by atoms with Gasteiger partial charge in [-0.2, -0.15) is 0 Å². The van der Waals surface area contributed by atoms with Crippen molar-refractivity contribution in [2.45, 2.75) is 13.8 Å². The Morgan fingerprint density at radius 1 is 1.32 bits per heavy atom. The molecule has 0 atom stereocenters. The van der Waals surface area contributed by atoms with Crippen LogP contribution in [0, 0.1) is 10.1 Å². The Bertz CT molecular complexity index is 572. The van der Waals surface area contributed by atoms with E-state index >= 15 is 0 Å². The molecule has 0 aliphatic heterocycles. The van der Waals surface area contributed by atoms with Gasteiger partial charge in [0.05, 0.1) is 22.8 Å². The molecule has 1 aromatic carbocycles. The Morgan fingerprint density at radius 3 is 2.50 bits per heavy atom. The summed E-state index contributed by atoms with van der Waals surface area (Å²) in [5.74, 6) is -1.05. The zero-order valence-electron chi connectivity index (χ0n) is 12.7. The van der Waals surface area contributed by atoms with Crippen molar-refractivity contribution in [3.05, 3.63) is 33.9 Å². The second kappa shape index (κ2) is 8.08. The van der Waals surface area contributed by atoms with E-state index < -0.39 is 16.8 Å². The van der Waals surface area contributed by atoms with Gasteiger partial charge in [0.25, 0.3) is 11.6 Å². The largest absolute Gasteiger partial charge is 0.462 e. The van der Waals surface area contributed by atoms with Crippen molar-refractivity contribution in [1.29, 1.82) is 0 Å². The molecule has 0 fully saturated rings. The van der Waals surface area contributed by atoms with Gasteiger partial charge in [-0.15, -0.1) is 0 Å². The minimum atomic E-state index is -0.643. The summed E-state index contributed by atoms with van der Waals surface area (Å²) in [5, 5.41) is 10.9. The van der Waals surface area contributed by atoms with Crippen LogP contribution in [-0.2, 0) is 14.3 Å². The van der Waals surface area contributed by atoms with Crippen LogP contribution in [0.4, 0.5) is 11.4 Å². The van der Waals surface area contributed by atoms with Gasteiger partial charge in [-0.1, -0.05) is 0 Å². The van der Waals surface area contributed by atoms with E-state index in [0.29, 0.717) is 0 Å². The van der Waals surface area contributed by atoms with Crippen molar-refractivity contribution in [3.8, 4) is 0 Å². The van der Waals surface area contributed by atoms with E-state index in [2.05, 4.69) is 0 Å². The van der Waals surface area contributed by atoms with Gasteiger partial charge >= 0.3 is 5.97 Å². The lowest BCUT2D eigenvalue weighted by molar-refractivity contribution is -0.384. The monoisotopic (exact) mass is 310 g/mol. The minimum absolute atomic E-state index is 0.0961. The van der Waals surface area contributed by atoms with Crippen LogP contribution in [0.3, 0.4) is 0 Å². The number of carbonyl (C=O) groups excluding carboxylic acids is 2. The van der Waals surface area contributed by atoms with Gasteiger partial charge in [0.1, 0.15) is 6.61 Å². The molecule has 0 saturated heterocycles. The molecule has 8 nitrogen and oxygen atoms in total. The van der Waals surface area contributed by atoms with Crippen LogP contribution >= 0.6 is 0 Å². The van der Waals surface area contributed by atoms with Gasteiger partial charge in [-0.3, -0.25) is 14.9 Å². The molecule has 22 heavy (non-hydrogen) atoms. The third kappa shape index (κ3) is 4.01. The summed E-state index contributed by atoms with van der Waals surface area (Å²) in [6, 6.07) is 3.67. The first-order valence-electron chi connectivity index (χ1n) is 6.71. The van der Waals surface area contributed by atoms with Crippen LogP contribution in [0.5, 0.6) is 0 Å². The maximum absolute atomic E-state index is 12.1. The number of hydrogen-bond donors (Lipinski definition) is 0. The van der Waals surface area contributed by atoms with Crippen LogP contribution in [-0.4, -0.2) is 43.7 Å². The number of nitro groups is 1. The highest BCUT2D eigenvalue weighted by atomic mass is 16.6. The van der Waals surface area contributed by atoms with Crippen molar-refractivity contribution in [3.63, 3.8) is 0 Å². The number of likely N-dealkylation sites (N-methyl/N-ethyl adjacent to an activating group) is 1. The molecule has 1 aromatic rings. The summed E-state index contributed by atoms with van der Waals surface area (Å²) < 4.78 is 9.72. The molecule has 0 aliphatic carbocycles. The normalized spacial score (nSPS) is 10.1. The highest BCUT2D eigenvalue weighted by Gasteiger charge is 2.24. The molecule has 1 amide bonds. The van der Waals surface area contributed by atoms with Crippen molar-refractivity contribution in [2.24, 2.45) is 0 Å². The molecular formula is C14H18N2O6. The van der Waals surface area contributed by atoms with E-state index in [1.54, 1.807) is 13.8 Å². The molecule has 0 spiro atoms. The fraction of sp³-hybridized carbons (Fsp3) is 0.429. The lowest BCUT2D eigenvalue weighted by Gasteiger charge is -2.22. The number of carbonyl (C=O) groups is 2. The molecule has 0 radical (unpaired) electrons. The molecule has 8 heteroatoms. The molecule has 0 unspecified atom stereocenters. The third-order valence-electron chi connectivity index (χ3n) is 2.86. The van der Waals surface area contributed by atoms with E-state index in [0.717, 1.165) is 0 Å².